The van der Waals surface area contributed by atoms with Gasteiger partial charge in [0.15, 0.2) is 0 Å². The van der Waals surface area contributed by atoms with Gasteiger partial charge in [0.25, 0.3) is 0 Å². The molecule has 0 radical (unpaired) electrons. The molecule has 2 atom stereocenters. The summed E-state index contributed by atoms with van der Waals surface area (Å²) in [4.78, 5) is 0. The Balaban J connectivity index is 1.77. The molecule has 1 N–H and O–H groups in total. The van der Waals surface area contributed by atoms with E-state index in [1.807, 2.05) is 11.8 Å². The summed E-state index contributed by atoms with van der Waals surface area (Å²) in [5.41, 5.74) is 0. The Morgan fingerprint density at radius 1 is 1.42 bits per heavy atom. The Hall–Kier alpha value is 0.230. The Morgan fingerprint density at radius 3 is 2.83 bits per heavy atom. The van der Waals surface area contributed by atoms with Crippen LogP contribution in [-0.4, -0.2) is 50.0 Å². The summed E-state index contributed by atoms with van der Waals surface area (Å²) in [5, 5.41) is 3.55. The first-order valence-electron chi connectivity index (χ1n) is 4.34. The Kier molecular flexibility index (Phi) is 2.91. The second kappa shape index (κ2) is 3.96. The van der Waals surface area contributed by atoms with Crippen molar-refractivity contribution in [2.24, 2.45) is 0 Å². The molecule has 3 nitrogen and oxygen atoms in total. The molecule has 0 aliphatic carbocycles. The number of hydrogen-bond donors (Lipinski definition) is 1. The molecule has 2 aliphatic heterocycles. The van der Waals surface area contributed by atoms with Crippen molar-refractivity contribution in [2.45, 2.75) is 18.2 Å². The summed E-state index contributed by atoms with van der Waals surface area (Å²) in [5.74, 6) is 2.49. The molecular weight excluding hydrogens is 174 g/mol. The van der Waals surface area contributed by atoms with E-state index in [1.165, 1.54) is 11.5 Å². The van der Waals surface area contributed by atoms with Gasteiger partial charge in [-0.15, -0.1) is 0 Å². The zero-order chi connectivity index (χ0) is 8.39. The lowest BCUT2D eigenvalue weighted by atomic mass is 10.2. The number of ether oxygens (including phenoxy) is 2. The number of methoxy groups -OCH3 is 1. The molecule has 4 heteroatoms. The lowest BCUT2D eigenvalue weighted by molar-refractivity contribution is 0.0723. The van der Waals surface area contributed by atoms with Crippen LogP contribution < -0.4 is 5.32 Å². The minimum atomic E-state index is 0.260. The number of hydrogen-bond acceptors (Lipinski definition) is 4. The van der Waals surface area contributed by atoms with Crippen LogP contribution in [0.5, 0.6) is 0 Å². The lowest BCUT2D eigenvalue weighted by Gasteiger charge is -2.30. The van der Waals surface area contributed by atoms with E-state index in [0.717, 1.165) is 13.2 Å². The molecule has 12 heavy (non-hydrogen) atoms. The van der Waals surface area contributed by atoms with Crippen molar-refractivity contribution in [3.63, 3.8) is 0 Å². The van der Waals surface area contributed by atoms with Crippen molar-refractivity contribution in [2.75, 3.05) is 31.8 Å². The van der Waals surface area contributed by atoms with E-state index < -0.39 is 0 Å². The molecule has 2 heterocycles. The van der Waals surface area contributed by atoms with Crippen molar-refractivity contribution >= 4 is 11.8 Å². The molecule has 2 aliphatic rings. The minimum absolute atomic E-state index is 0.260. The Labute approximate surface area is 77.2 Å². The fourth-order valence-electron chi connectivity index (χ4n) is 1.56. The molecule has 0 aromatic heterocycles. The van der Waals surface area contributed by atoms with E-state index in [2.05, 4.69) is 5.32 Å². The van der Waals surface area contributed by atoms with Crippen molar-refractivity contribution in [3.8, 4) is 0 Å². The molecule has 2 fully saturated rings. The van der Waals surface area contributed by atoms with Gasteiger partial charge in [-0.3, -0.25) is 0 Å². The van der Waals surface area contributed by atoms with Crippen LogP contribution in [-0.2, 0) is 9.47 Å². The first kappa shape index (κ1) is 8.81. The fourth-order valence-corrected chi connectivity index (χ4v) is 2.22. The summed E-state index contributed by atoms with van der Waals surface area (Å²) in [7, 11) is 1.75. The van der Waals surface area contributed by atoms with Crippen molar-refractivity contribution in [1.82, 2.24) is 5.32 Å². The minimum Gasteiger partial charge on any atom is -0.377 e. The van der Waals surface area contributed by atoms with E-state index in [1.54, 1.807) is 7.11 Å². The monoisotopic (exact) mass is 189 g/mol. The van der Waals surface area contributed by atoms with Crippen molar-refractivity contribution in [1.29, 1.82) is 0 Å². The predicted octanol–water partition coefficient (Wildman–Crippen LogP) is 0.105. The van der Waals surface area contributed by atoms with Crippen LogP contribution in [0.4, 0.5) is 0 Å². The van der Waals surface area contributed by atoms with Gasteiger partial charge in [0, 0.05) is 24.7 Å². The molecule has 2 saturated heterocycles. The number of rotatable bonds is 3. The third-order valence-electron chi connectivity index (χ3n) is 2.42. The first-order valence-corrected chi connectivity index (χ1v) is 5.50. The smallest absolute Gasteiger partial charge is 0.0979 e. The zero-order valence-electron chi connectivity index (χ0n) is 7.29. The van der Waals surface area contributed by atoms with Gasteiger partial charge < -0.3 is 14.8 Å². The van der Waals surface area contributed by atoms with Gasteiger partial charge in [-0.05, 0) is 0 Å². The van der Waals surface area contributed by atoms with Crippen LogP contribution >= 0.6 is 11.8 Å². The molecule has 0 bridgehead atoms. The Morgan fingerprint density at radius 2 is 2.25 bits per heavy atom. The summed E-state index contributed by atoms with van der Waals surface area (Å²) >= 11 is 1.99. The van der Waals surface area contributed by atoms with E-state index >= 15 is 0 Å². The van der Waals surface area contributed by atoms with Gasteiger partial charge in [0.2, 0.25) is 0 Å². The number of thioether (sulfide) groups is 1. The number of nitrogens with one attached hydrogen (secondary N) is 1. The summed E-state index contributed by atoms with van der Waals surface area (Å²) in [6.45, 7) is 1.55. The van der Waals surface area contributed by atoms with E-state index in [-0.39, 0.29) is 6.10 Å². The SMILES string of the molecule is CO[C@H]1COC[C@@H]1NC1CSC1. The lowest BCUT2D eigenvalue weighted by Crippen LogP contribution is -2.50. The molecule has 70 valence electrons. The molecule has 0 spiro atoms. The van der Waals surface area contributed by atoms with Gasteiger partial charge in [-0.1, -0.05) is 0 Å². The van der Waals surface area contributed by atoms with Crippen LogP contribution in [0, 0.1) is 0 Å². The Bertz CT molecular complexity index is 152. The molecule has 2 rings (SSSR count). The predicted molar refractivity (Wildman–Crippen MR) is 49.7 cm³/mol. The summed E-state index contributed by atoms with van der Waals surface area (Å²) in [6.07, 6.45) is 0.260. The second-order valence-electron chi connectivity index (χ2n) is 3.32. The quantitative estimate of drug-likeness (QED) is 0.682. The molecule has 0 amide bonds. The maximum atomic E-state index is 5.34. The molecule has 0 aromatic carbocycles. The average molecular weight is 189 g/mol. The highest BCUT2D eigenvalue weighted by Crippen LogP contribution is 2.19. The van der Waals surface area contributed by atoms with E-state index in [4.69, 9.17) is 9.47 Å². The highest BCUT2D eigenvalue weighted by Gasteiger charge is 2.31. The van der Waals surface area contributed by atoms with Gasteiger partial charge in [-0.2, -0.15) is 11.8 Å². The van der Waals surface area contributed by atoms with E-state index in [0.29, 0.717) is 12.1 Å². The van der Waals surface area contributed by atoms with Crippen LogP contribution in [0.3, 0.4) is 0 Å². The third kappa shape index (κ3) is 1.76. The van der Waals surface area contributed by atoms with Crippen molar-refractivity contribution < 1.29 is 9.47 Å². The molecular formula is C8H15NO2S. The molecule has 0 saturated carbocycles. The fraction of sp³-hybridized carbons (Fsp3) is 1.00. The summed E-state index contributed by atoms with van der Waals surface area (Å²) < 4.78 is 10.6. The largest absolute Gasteiger partial charge is 0.377 e. The van der Waals surface area contributed by atoms with Crippen LogP contribution in [0.1, 0.15) is 0 Å². The van der Waals surface area contributed by atoms with E-state index in [9.17, 15) is 0 Å². The maximum Gasteiger partial charge on any atom is 0.0979 e. The first-order chi connectivity index (χ1) is 5.90. The van der Waals surface area contributed by atoms with Crippen LogP contribution in [0.15, 0.2) is 0 Å². The molecule has 0 unspecified atom stereocenters. The van der Waals surface area contributed by atoms with Crippen molar-refractivity contribution in [3.05, 3.63) is 0 Å². The van der Waals surface area contributed by atoms with Gasteiger partial charge in [-0.25, -0.2) is 0 Å². The molecule has 0 aromatic rings. The van der Waals surface area contributed by atoms with Crippen LogP contribution in [0.2, 0.25) is 0 Å². The topological polar surface area (TPSA) is 30.5 Å². The summed E-state index contributed by atoms with van der Waals surface area (Å²) in [6, 6.07) is 1.11. The third-order valence-corrected chi connectivity index (χ3v) is 3.70. The second-order valence-corrected chi connectivity index (χ2v) is 4.39. The average Bonchev–Trinajstić information content (AvgIpc) is 2.43. The highest BCUT2D eigenvalue weighted by molar-refractivity contribution is 8.00. The van der Waals surface area contributed by atoms with Gasteiger partial charge in [0.05, 0.1) is 25.4 Å². The van der Waals surface area contributed by atoms with Gasteiger partial charge in [0.1, 0.15) is 0 Å². The highest BCUT2D eigenvalue weighted by atomic mass is 32.2. The van der Waals surface area contributed by atoms with Crippen LogP contribution in [0.25, 0.3) is 0 Å². The zero-order valence-corrected chi connectivity index (χ0v) is 8.10. The van der Waals surface area contributed by atoms with Gasteiger partial charge >= 0.3 is 0 Å². The maximum absolute atomic E-state index is 5.34. The normalized spacial score (nSPS) is 36.8. The standard InChI is InChI=1S/C8H15NO2S/c1-10-8-3-11-2-7(8)9-6-4-12-5-6/h6-9H,2-5H2,1H3/t7-,8-/m0/s1.